The van der Waals surface area contributed by atoms with E-state index in [-0.39, 0.29) is 11.3 Å². The zero-order chi connectivity index (χ0) is 18.4. The molecule has 8 heteroatoms. The number of carbonyl (C=O) groups is 2. The molecule has 0 aliphatic heterocycles. The molecule has 0 bridgehead atoms. The molecule has 0 radical (unpaired) electrons. The second-order valence-electron chi connectivity index (χ2n) is 5.28. The zero-order valence-corrected chi connectivity index (χ0v) is 14.2. The van der Waals surface area contributed by atoms with Crippen LogP contribution in [0.2, 0.25) is 0 Å². The molecule has 0 aliphatic carbocycles. The van der Waals surface area contributed by atoms with E-state index in [0.29, 0.717) is 17.0 Å². The molecule has 0 aliphatic rings. The third kappa shape index (κ3) is 5.32. The van der Waals surface area contributed by atoms with Crippen molar-refractivity contribution in [2.45, 2.75) is 5.75 Å². The van der Waals surface area contributed by atoms with Crippen LogP contribution in [0.4, 0.5) is 5.69 Å². The number of methoxy groups -OCH3 is 1. The molecule has 0 fully saturated rings. The van der Waals surface area contributed by atoms with Crippen LogP contribution in [0.3, 0.4) is 0 Å². The van der Waals surface area contributed by atoms with Crippen molar-refractivity contribution in [3.8, 4) is 5.75 Å². The van der Waals surface area contributed by atoms with Crippen LogP contribution in [0.5, 0.6) is 5.75 Å². The van der Waals surface area contributed by atoms with Crippen molar-refractivity contribution >= 4 is 27.4 Å². The molecule has 0 atom stereocenters. The van der Waals surface area contributed by atoms with Gasteiger partial charge in [-0.25, -0.2) is 13.2 Å². The molecule has 2 rings (SSSR count). The predicted octanol–water partition coefficient (Wildman–Crippen LogP) is 1.95. The Hall–Kier alpha value is -2.87. The number of hydrogen-bond donors (Lipinski definition) is 2. The highest BCUT2D eigenvalue weighted by molar-refractivity contribution is 7.91. The number of carboxylic acid groups (broad SMARTS) is 1. The van der Waals surface area contributed by atoms with E-state index in [1.165, 1.54) is 31.4 Å². The van der Waals surface area contributed by atoms with E-state index in [1.54, 1.807) is 24.3 Å². The lowest BCUT2D eigenvalue weighted by atomic mass is 10.1. The Labute approximate surface area is 145 Å². The van der Waals surface area contributed by atoms with Gasteiger partial charge in [0, 0.05) is 0 Å². The van der Waals surface area contributed by atoms with E-state index in [0.717, 1.165) is 0 Å². The van der Waals surface area contributed by atoms with Crippen LogP contribution in [0, 0.1) is 0 Å². The van der Waals surface area contributed by atoms with E-state index in [4.69, 9.17) is 9.84 Å². The second kappa shape index (κ2) is 7.80. The standard InChI is InChI=1S/C17H17NO6S/c1-24-15-5-3-2-4-14(15)18-16(19)11-25(22,23)10-12-6-8-13(9-7-12)17(20)21/h2-9H,10-11H2,1H3,(H,18,19)(H,20,21). The van der Waals surface area contributed by atoms with Gasteiger partial charge in [0.2, 0.25) is 5.91 Å². The first kappa shape index (κ1) is 18.5. The highest BCUT2D eigenvalue weighted by Crippen LogP contribution is 2.23. The van der Waals surface area contributed by atoms with Crippen molar-refractivity contribution in [2.24, 2.45) is 0 Å². The minimum Gasteiger partial charge on any atom is -0.495 e. The number of para-hydroxylation sites is 2. The van der Waals surface area contributed by atoms with Gasteiger partial charge in [-0.3, -0.25) is 4.79 Å². The van der Waals surface area contributed by atoms with Crippen LogP contribution in [0.15, 0.2) is 48.5 Å². The van der Waals surface area contributed by atoms with Crippen LogP contribution >= 0.6 is 0 Å². The number of carboxylic acids is 1. The van der Waals surface area contributed by atoms with E-state index in [2.05, 4.69) is 5.32 Å². The Morgan fingerprint density at radius 1 is 1.08 bits per heavy atom. The summed E-state index contributed by atoms with van der Waals surface area (Å²) in [6, 6.07) is 12.1. The largest absolute Gasteiger partial charge is 0.495 e. The summed E-state index contributed by atoms with van der Waals surface area (Å²) in [6.07, 6.45) is 0. The number of nitrogens with one attached hydrogen (secondary N) is 1. The van der Waals surface area contributed by atoms with Crippen molar-refractivity contribution in [2.75, 3.05) is 18.2 Å². The molecule has 0 saturated heterocycles. The Balaban J connectivity index is 2.02. The first-order valence-corrected chi connectivity index (χ1v) is 9.08. The fraction of sp³-hybridized carbons (Fsp3) is 0.176. The molecule has 0 heterocycles. The van der Waals surface area contributed by atoms with Gasteiger partial charge in [-0.15, -0.1) is 0 Å². The third-order valence-electron chi connectivity index (χ3n) is 3.32. The molecule has 2 N–H and O–H groups in total. The first-order valence-electron chi connectivity index (χ1n) is 7.26. The lowest BCUT2D eigenvalue weighted by Gasteiger charge is -2.10. The van der Waals surface area contributed by atoms with Gasteiger partial charge in [0.05, 0.1) is 24.1 Å². The van der Waals surface area contributed by atoms with Crippen LogP contribution in [-0.2, 0) is 20.4 Å². The molecule has 2 aromatic carbocycles. The molecule has 132 valence electrons. The summed E-state index contributed by atoms with van der Waals surface area (Å²) in [4.78, 5) is 22.8. The number of hydrogen-bond acceptors (Lipinski definition) is 5. The summed E-state index contributed by atoms with van der Waals surface area (Å²) in [5, 5.41) is 11.3. The van der Waals surface area contributed by atoms with E-state index in [1.807, 2.05) is 0 Å². The van der Waals surface area contributed by atoms with Gasteiger partial charge in [0.25, 0.3) is 0 Å². The molecule has 1 amide bonds. The van der Waals surface area contributed by atoms with E-state index < -0.39 is 27.5 Å². The fourth-order valence-corrected chi connectivity index (χ4v) is 3.46. The second-order valence-corrected chi connectivity index (χ2v) is 7.35. The van der Waals surface area contributed by atoms with Gasteiger partial charge in [-0.05, 0) is 29.8 Å². The molecule has 25 heavy (non-hydrogen) atoms. The van der Waals surface area contributed by atoms with Crippen LogP contribution in [-0.4, -0.2) is 38.3 Å². The Kier molecular flexibility index (Phi) is 5.76. The molecule has 0 unspecified atom stereocenters. The van der Waals surface area contributed by atoms with Crippen LogP contribution < -0.4 is 10.1 Å². The van der Waals surface area contributed by atoms with Gasteiger partial charge >= 0.3 is 5.97 Å². The van der Waals surface area contributed by atoms with Crippen molar-refractivity contribution in [1.82, 2.24) is 0 Å². The van der Waals surface area contributed by atoms with E-state index in [9.17, 15) is 18.0 Å². The molecule has 7 nitrogen and oxygen atoms in total. The topological polar surface area (TPSA) is 110 Å². The highest BCUT2D eigenvalue weighted by Gasteiger charge is 2.18. The number of amides is 1. The lowest BCUT2D eigenvalue weighted by molar-refractivity contribution is -0.113. The summed E-state index contributed by atoms with van der Waals surface area (Å²) in [5.41, 5.74) is 0.862. The number of rotatable bonds is 7. The van der Waals surface area contributed by atoms with Gasteiger partial charge in [0.1, 0.15) is 11.5 Å². The van der Waals surface area contributed by atoms with Crippen molar-refractivity contribution < 1.29 is 27.9 Å². The number of sulfone groups is 1. The minimum absolute atomic E-state index is 0.0649. The average Bonchev–Trinajstić information content (AvgIpc) is 2.54. The van der Waals surface area contributed by atoms with Crippen molar-refractivity contribution in [3.05, 3.63) is 59.7 Å². The number of anilines is 1. The molecule has 0 saturated carbocycles. The van der Waals surface area contributed by atoms with Gasteiger partial charge < -0.3 is 15.2 Å². The lowest BCUT2D eigenvalue weighted by Crippen LogP contribution is -2.24. The van der Waals surface area contributed by atoms with Crippen LogP contribution in [0.1, 0.15) is 15.9 Å². The van der Waals surface area contributed by atoms with Gasteiger partial charge in [-0.2, -0.15) is 0 Å². The normalized spacial score (nSPS) is 10.9. The predicted molar refractivity (Wildman–Crippen MR) is 92.5 cm³/mol. The average molecular weight is 363 g/mol. The highest BCUT2D eigenvalue weighted by atomic mass is 32.2. The molecule has 2 aromatic rings. The summed E-state index contributed by atoms with van der Waals surface area (Å²) < 4.78 is 29.4. The first-order chi connectivity index (χ1) is 11.8. The quantitative estimate of drug-likeness (QED) is 0.778. The number of ether oxygens (including phenoxy) is 1. The summed E-state index contributed by atoms with van der Waals surface area (Å²) >= 11 is 0. The minimum atomic E-state index is -3.71. The molecular formula is C17H17NO6S. The maximum absolute atomic E-state index is 12.2. The third-order valence-corrected chi connectivity index (χ3v) is 4.79. The summed E-state index contributed by atoms with van der Waals surface area (Å²) in [5.74, 6) is -2.38. The Bertz CT molecular complexity index is 874. The molecule has 0 spiro atoms. The van der Waals surface area contributed by atoms with Crippen molar-refractivity contribution in [1.29, 1.82) is 0 Å². The molecule has 0 aromatic heterocycles. The SMILES string of the molecule is COc1ccccc1NC(=O)CS(=O)(=O)Cc1ccc(C(=O)O)cc1. The number of aromatic carboxylic acids is 1. The number of carbonyl (C=O) groups excluding carboxylic acids is 1. The smallest absolute Gasteiger partial charge is 0.335 e. The maximum Gasteiger partial charge on any atom is 0.335 e. The Morgan fingerprint density at radius 2 is 1.72 bits per heavy atom. The fourth-order valence-electron chi connectivity index (χ4n) is 2.18. The summed E-state index contributed by atoms with van der Waals surface area (Å²) in [7, 11) is -2.26. The van der Waals surface area contributed by atoms with Gasteiger partial charge in [-0.1, -0.05) is 24.3 Å². The van der Waals surface area contributed by atoms with Crippen LogP contribution in [0.25, 0.3) is 0 Å². The monoisotopic (exact) mass is 363 g/mol. The molecular weight excluding hydrogens is 346 g/mol. The van der Waals surface area contributed by atoms with Crippen molar-refractivity contribution in [3.63, 3.8) is 0 Å². The van der Waals surface area contributed by atoms with Gasteiger partial charge in [0.15, 0.2) is 9.84 Å². The number of benzene rings is 2. The van der Waals surface area contributed by atoms with E-state index >= 15 is 0 Å². The zero-order valence-electron chi connectivity index (χ0n) is 13.4. The Morgan fingerprint density at radius 3 is 2.32 bits per heavy atom. The maximum atomic E-state index is 12.2. The summed E-state index contributed by atoms with van der Waals surface area (Å²) in [6.45, 7) is 0.